The predicted molar refractivity (Wildman–Crippen MR) is 275 cm³/mol. The average molecular weight is 911 g/mol. The van der Waals surface area contributed by atoms with Crippen molar-refractivity contribution in [1.82, 2.24) is 0 Å². The molecule has 0 bridgehead atoms. The number of nitrogens with zero attached hydrogens (tertiary/aromatic N) is 1. The van der Waals surface area contributed by atoms with Crippen LogP contribution in [0, 0.1) is 0 Å². The molecule has 2 atom stereocenters. The van der Waals surface area contributed by atoms with Gasteiger partial charge in [-0.2, -0.15) is 0 Å². The molecule has 374 valence electrons. The molecule has 0 aliphatic carbocycles. The Morgan fingerprint density at radius 2 is 0.862 bits per heavy atom. The van der Waals surface area contributed by atoms with Crippen LogP contribution in [0.4, 0.5) is 0 Å². The van der Waals surface area contributed by atoms with Crippen molar-refractivity contribution >= 4 is 17.9 Å². The summed E-state index contributed by atoms with van der Waals surface area (Å²) in [4.78, 5) is 37.2. The Labute approximate surface area is 400 Å². The van der Waals surface area contributed by atoms with Crippen LogP contribution >= 0.6 is 0 Å². The van der Waals surface area contributed by atoms with Gasteiger partial charge in [0, 0.05) is 19.3 Å². The molecule has 0 amide bonds. The highest BCUT2D eigenvalue weighted by Crippen LogP contribution is 2.15. The van der Waals surface area contributed by atoms with E-state index < -0.39 is 18.1 Å². The summed E-state index contributed by atoms with van der Waals surface area (Å²) >= 11 is 0. The van der Waals surface area contributed by atoms with Crippen molar-refractivity contribution in [3.63, 3.8) is 0 Å². The number of carboxylic acids is 1. The Balaban J connectivity index is 4.25. The lowest BCUT2D eigenvalue weighted by molar-refractivity contribution is -0.887. The minimum Gasteiger partial charge on any atom is -0.477 e. The van der Waals surface area contributed by atoms with Crippen LogP contribution in [0.5, 0.6) is 0 Å². The lowest BCUT2D eigenvalue weighted by atomic mass is 10.0. The van der Waals surface area contributed by atoms with Crippen LogP contribution in [0.2, 0.25) is 0 Å². The van der Waals surface area contributed by atoms with Crippen molar-refractivity contribution in [2.75, 3.05) is 41.0 Å². The van der Waals surface area contributed by atoms with Crippen LogP contribution in [-0.4, -0.2) is 80.6 Å². The molecule has 0 fully saturated rings. The third kappa shape index (κ3) is 45.7. The number of carbonyl (C=O) groups excluding carboxylic acids is 2. The zero-order valence-electron chi connectivity index (χ0n) is 42.7. The highest BCUT2D eigenvalue weighted by molar-refractivity contribution is 5.72. The maximum Gasteiger partial charge on any atom is 0.362 e. The van der Waals surface area contributed by atoms with E-state index in [1.807, 2.05) is 21.1 Å². The van der Waals surface area contributed by atoms with Gasteiger partial charge >= 0.3 is 17.9 Å². The summed E-state index contributed by atoms with van der Waals surface area (Å²) in [5, 5.41) is 9.66. The van der Waals surface area contributed by atoms with Crippen molar-refractivity contribution in [2.45, 2.75) is 231 Å². The van der Waals surface area contributed by atoms with Gasteiger partial charge in [-0.1, -0.05) is 189 Å². The van der Waals surface area contributed by atoms with E-state index in [0.717, 1.165) is 77.0 Å². The average Bonchev–Trinajstić information content (AvgIpc) is 3.27. The van der Waals surface area contributed by atoms with Crippen LogP contribution in [-0.2, 0) is 28.6 Å². The fourth-order valence-corrected chi connectivity index (χ4v) is 7.53. The number of ether oxygens (including phenoxy) is 3. The number of aliphatic carboxylic acids is 1. The first kappa shape index (κ1) is 61.8. The van der Waals surface area contributed by atoms with Gasteiger partial charge in [0.05, 0.1) is 34.4 Å². The smallest absolute Gasteiger partial charge is 0.362 e. The molecule has 0 aliphatic rings. The Kier molecular flexibility index (Phi) is 44.9. The molecule has 0 aromatic carbocycles. The van der Waals surface area contributed by atoms with E-state index in [-0.39, 0.29) is 36.2 Å². The number of esters is 2. The molecule has 0 aliphatic heterocycles. The molecule has 0 saturated heterocycles. The first-order valence-corrected chi connectivity index (χ1v) is 26.5. The molecule has 0 heterocycles. The molecular weight excluding hydrogens is 811 g/mol. The van der Waals surface area contributed by atoms with Gasteiger partial charge in [-0.15, -0.1) is 0 Å². The Bertz CT molecular complexity index is 1290. The van der Waals surface area contributed by atoms with Gasteiger partial charge in [-0.05, 0) is 83.5 Å². The third-order valence-electron chi connectivity index (χ3n) is 11.6. The molecule has 0 radical (unpaired) electrons. The molecular formula is C57H100NO7+. The summed E-state index contributed by atoms with van der Waals surface area (Å²) in [5.41, 5.74) is 0. The van der Waals surface area contributed by atoms with E-state index in [9.17, 15) is 19.5 Å². The van der Waals surface area contributed by atoms with Crippen LogP contribution in [0.1, 0.15) is 219 Å². The molecule has 8 heteroatoms. The lowest BCUT2D eigenvalue weighted by Crippen LogP contribution is -2.50. The van der Waals surface area contributed by atoms with Gasteiger partial charge in [-0.3, -0.25) is 9.59 Å². The summed E-state index contributed by atoms with van der Waals surface area (Å²) in [7, 11) is 5.53. The van der Waals surface area contributed by atoms with E-state index in [0.29, 0.717) is 19.3 Å². The molecule has 8 nitrogen and oxygen atoms in total. The van der Waals surface area contributed by atoms with Gasteiger partial charge < -0.3 is 23.8 Å². The number of allylic oxidation sites excluding steroid dienone is 12. The topological polar surface area (TPSA) is 99.1 Å². The van der Waals surface area contributed by atoms with Gasteiger partial charge in [0.1, 0.15) is 6.61 Å². The Morgan fingerprint density at radius 3 is 1.28 bits per heavy atom. The molecule has 0 saturated carbocycles. The van der Waals surface area contributed by atoms with Crippen LogP contribution in [0.15, 0.2) is 72.9 Å². The fourth-order valence-electron chi connectivity index (χ4n) is 7.53. The number of hydrogen-bond acceptors (Lipinski definition) is 6. The van der Waals surface area contributed by atoms with E-state index in [1.54, 1.807) is 0 Å². The normalized spacial score (nSPS) is 13.4. The second kappa shape index (κ2) is 47.3. The fraction of sp³-hybridized carbons (Fsp3) is 0.737. The van der Waals surface area contributed by atoms with Gasteiger partial charge in [0.2, 0.25) is 0 Å². The van der Waals surface area contributed by atoms with Gasteiger partial charge in [0.15, 0.2) is 12.1 Å². The molecule has 0 aromatic heterocycles. The zero-order chi connectivity index (χ0) is 47.7. The van der Waals surface area contributed by atoms with Crippen molar-refractivity contribution in [2.24, 2.45) is 0 Å². The van der Waals surface area contributed by atoms with Crippen molar-refractivity contribution < 1.29 is 38.2 Å². The summed E-state index contributed by atoms with van der Waals surface area (Å²) in [6, 6.07) is -0.620. The van der Waals surface area contributed by atoms with E-state index in [2.05, 4.69) is 86.8 Å². The van der Waals surface area contributed by atoms with E-state index in [4.69, 9.17) is 14.2 Å². The quantitative estimate of drug-likeness (QED) is 0.0281. The third-order valence-corrected chi connectivity index (χ3v) is 11.6. The minimum atomic E-state index is -0.878. The number of carboxylic acid groups (broad SMARTS) is 1. The van der Waals surface area contributed by atoms with E-state index in [1.165, 1.54) is 109 Å². The number of rotatable bonds is 47. The Hall–Kier alpha value is -3.23. The second-order valence-corrected chi connectivity index (χ2v) is 18.7. The molecule has 0 rings (SSSR count). The SMILES string of the molecule is CC/C=C\C/C=C\C/C=C\C/C=C\CCCCCCCCCCCCC(=O)OC(COCCC(C(=O)O)[N+](C)(C)C)COC(=O)CCCCCCCCC/C=C\C/C=C\CCCCCC. The standard InChI is InChI=1S/C57H99NO7/c1-6-8-10-12-14-16-18-20-22-24-26-27-28-29-30-32-34-36-38-40-42-44-46-48-56(60)65-53(51-63-50-49-54(57(61)62)58(3,4)5)52-64-55(59)47-45-43-41-39-37-35-33-31-25-23-21-19-17-15-13-11-9-7-2/h8,10,14,16-17,19-20,22-23,25-27,53-54H,6-7,9,11-13,15,18,21,24,28-52H2,1-5H3/p+1/b10-8-,16-14-,19-17-,22-20-,25-23-,27-26-. The van der Waals surface area contributed by atoms with Crippen molar-refractivity contribution in [1.29, 1.82) is 0 Å². The second-order valence-electron chi connectivity index (χ2n) is 18.7. The largest absolute Gasteiger partial charge is 0.477 e. The van der Waals surface area contributed by atoms with Crippen LogP contribution in [0.25, 0.3) is 0 Å². The summed E-state index contributed by atoms with van der Waals surface area (Å²) in [5.74, 6) is -1.48. The molecule has 2 unspecified atom stereocenters. The van der Waals surface area contributed by atoms with Crippen molar-refractivity contribution in [3.05, 3.63) is 72.9 Å². The number of unbranched alkanes of at least 4 members (excludes halogenated alkanes) is 21. The van der Waals surface area contributed by atoms with Crippen LogP contribution < -0.4 is 0 Å². The summed E-state index contributed by atoms with van der Waals surface area (Å²) in [6.45, 7) is 4.61. The maximum absolute atomic E-state index is 12.8. The summed E-state index contributed by atoms with van der Waals surface area (Å²) < 4.78 is 17.4. The van der Waals surface area contributed by atoms with Crippen molar-refractivity contribution in [3.8, 4) is 0 Å². The number of carbonyl (C=O) groups is 3. The van der Waals surface area contributed by atoms with E-state index >= 15 is 0 Å². The Morgan fingerprint density at radius 1 is 0.477 bits per heavy atom. The predicted octanol–water partition coefficient (Wildman–Crippen LogP) is 15.5. The van der Waals surface area contributed by atoms with Gasteiger partial charge in [-0.25, -0.2) is 4.79 Å². The molecule has 1 N–H and O–H groups in total. The van der Waals surface area contributed by atoms with Gasteiger partial charge in [0.25, 0.3) is 0 Å². The highest BCUT2D eigenvalue weighted by atomic mass is 16.6. The number of quaternary nitrogens is 1. The van der Waals surface area contributed by atoms with Crippen LogP contribution in [0.3, 0.4) is 0 Å². The number of hydrogen-bond donors (Lipinski definition) is 1. The first-order valence-electron chi connectivity index (χ1n) is 26.5. The highest BCUT2D eigenvalue weighted by Gasteiger charge is 2.31. The molecule has 0 spiro atoms. The molecule has 65 heavy (non-hydrogen) atoms. The number of likely N-dealkylation sites (N-methyl/N-ethyl adjacent to an activating group) is 1. The first-order chi connectivity index (χ1) is 31.6. The molecule has 0 aromatic rings. The maximum atomic E-state index is 12.8. The minimum absolute atomic E-state index is 0.0545. The lowest BCUT2D eigenvalue weighted by Gasteiger charge is -2.31. The monoisotopic (exact) mass is 911 g/mol. The summed E-state index contributed by atoms with van der Waals surface area (Å²) in [6.07, 6.45) is 60.9. The zero-order valence-corrected chi connectivity index (χ0v) is 42.7.